The molecule has 178 valence electrons. The Hall–Kier alpha value is -1.89. The molecular formula is C25H36O7. The van der Waals surface area contributed by atoms with Crippen molar-refractivity contribution in [2.45, 2.75) is 90.3 Å². The van der Waals surface area contributed by atoms with Crippen molar-refractivity contribution in [3.63, 3.8) is 0 Å². The van der Waals surface area contributed by atoms with Crippen LogP contribution >= 0.6 is 0 Å². The summed E-state index contributed by atoms with van der Waals surface area (Å²) in [5.41, 5.74) is -1.69. The van der Waals surface area contributed by atoms with E-state index >= 15 is 0 Å². The first-order valence-electron chi connectivity index (χ1n) is 12.1. The predicted octanol–water partition coefficient (Wildman–Crippen LogP) is 4.27. The molecule has 3 saturated carbocycles. The lowest BCUT2D eigenvalue weighted by Crippen LogP contribution is -2.62. The van der Waals surface area contributed by atoms with Gasteiger partial charge in [0.1, 0.15) is 0 Å². The number of unbranched alkanes of at least 4 members (excludes halogenated alkanes) is 1. The van der Waals surface area contributed by atoms with E-state index in [1.165, 1.54) is 0 Å². The number of aliphatic carboxylic acids is 1. The maximum atomic E-state index is 12.6. The summed E-state index contributed by atoms with van der Waals surface area (Å²) in [6, 6.07) is 0. The van der Waals surface area contributed by atoms with Crippen molar-refractivity contribution >= 4 is 17.9 Å². The van der Waals surface area contributed by atoms with Gasteiger partial charge in [0.2, 0.25) is 5.60 Å². The fourth-order valence-electron chi connectivity index (χ4n) is 7.71. The topological polar surface area (TPSA) is 110 Å². The average Bonchev–Trinajstić information content (AvgIpc) is 3.01. The van der Waals surface area contributed by atoms with Gasteiger partial charge in [-0.1, -0.05) is 32.8 Å². The Morgan fingerprint density at radius 3 is 2.62 bits per heavy atom. The van der Waals surface area contributed by atoms with Gasteiger partial charge in [-0.25, -0.2) is 9.59 Å². The number of aliphatic hydroxyl groups is 1. The molecule has 32 heavy (non-hydrogen) atoms. The third-order valence-corrected chi connectivity index (χ3v) is 9.34. The summed E-state index contributed by atoms with van der Waals surface area (Å²) in [5, 5.41) is 21.7. The van der Waals surface area contributed by atoms with Crippen LogP contribution in [-0.4, -0.2) is 46.4 Å². The third kappa shape index (κ3) is 3.30. The predicted molar refractivity (Wildman–Crippen MR) is 116 cm³/mol. The Labute approximate surface area is 189 Å². The van der Waals surface area contributed by atoms with E-state index in [9.17, 15) is 24.6 Å². The van der Waals surface area contributed by atoms with E-state index in [4.69, 9.17) is 9.47 Å². The number of ketones is 1. The first-order chi connectivity index (χ1) is 15.1. The number of carbonyl (C=O) groups is 3. The number of carbonyl (C=O) groups excluding carboxylic acids is 2. The Morgan fingerprint density at radius 1 is 1.19 bits per heavy atom. The number of carboxylic acids is 1. The van der Waals surface area contributed by atoms with Crippen molar-refractivity contribution in [2.75, 3.05) is 6.61 Å². The van der Waals surface area contributed by atoms with Gasteiger partial charge in [-0.2, -0.15) is 0 Å². The summed E-state index contributed by atoms with van der Waals surface area (Å²) >= 11 is 0. The monoisotopic (exact) mass is 448 g/mol. The zero-order valence-corrected chi connectivity index (χ0v) is 19.4. The number of rotatable bonds is 5. The minimum Gasteiger partial charge on any atom is -0.478 e. The fourth-order valence-corrected chi connectivity index (χ4v) is 7.71. The van der Waals surface area contributed by atoms with Gasteiger partial charge in [0.15, 0.2) is 5.78 Å². The van der Waals surface area contributed by atoms with Crippen LogP contribution < -0.4 is 0 Å². The van der Waals surface area contributed by atoms with Gasteiger partial charge in [-0.3, -0.25) is 4.79 Å². The van der Waals surface area contributed by atoms with Crippen LogP contribution in [0.2, 0.25) is 0 Å². The Bertz CT molecular complexity index is 834. The van der Waals surface area contributed by atoms with Crippen LogP contribution in [0.1, 0.15) is 78.6 Å². The highest BCUT2D eigenvalue weighted by Gasteiger charge is 2.71. The molecule has 0 heterocycles. The van der Waals surface area contributed by atoms with Crippen molar-refractivity contribution in [1.82, 2.24) is 0 Å². The van der Waals surface area contributed by atoms with Gasteiger partial charge >= 0.3 is 12.1 Å². The normalized spacial score (nSPS) is 42.9. The molecule has 0 bridgehead atoms. The summed E-state index contributed by atoms with van der Waals surface area (Å²) in [7, 11) is 0. The van der Waals surface area contributed by atoms with Gasteiger partial charge in [0, 0.05) is 11.8 Å². The Balaban J connectivity index is 1.64. The van der Waals surface area contributed by atoms with Gasteiger partial charge in [0.25, 0.3) is 0 Å². The lowest BCUT2D eigenvalue weighted by atomic mass is 9.45. The van der Waals surface area contributed by atoms with E-state index in [1.807, 2.05) is 13.8 Å². The molecule has 0 spiro atoms. The smallest absolute Gasteiger partial charge is 0.478 e. The third-order valence-electron chi connectivity index (χ3n) is 9.34. The lowest BCUT2D eigenvalue weighted by molar-refractivity contribution is -0.199. The molecular weight excluding hydrogens is 412 g/mol. The van der Waals surface area contributed by atoms with Crippen molar-refractivity contribution in [3.05, 3.63) is 11.6 Å². The zero-order chi connectivity index (χ0) is 23.3. The highest BCUT2D eigenvalue weighted by molar-refractivity contribution is 5.91. The molecule has 2 N–H and O–H groups in total. The second-order valence-corrected chi connectivity index (χ2v) is 10.8. The second-order valence-electron chi connectivity index (χ2n) is 10.8. The molecule has 0 aromatic carbocycles. The van der Waals surface area contributed by atoms with Crippen molar-refractivity contribution in [3.8, 4) is 0 Å². The Morgan fingerprint density at radius 2 is 1.94 bits per heavy atom. The molecule has 0 aromatic heterocycles. The summed E-state index contributed by atoms with van der Waals surface area (Å²) < 4.78 is 10.8. The highest BCUT2D eigenvalue weighted by atomic mass is 16.7. The summed E-state index contributed by atoms with van der Waals surface area (Å²) in [4.78, 5) is 37.0. The van der Waals surface area contributed by atoms with E-state index < -0.39 is 29.2 Å². The van der Waals surface area contributed by atoms with Crippen LogP contribution in [0.5, 0.6) is 0 Å². The van der Waals surface area contributed by atoms with Crippen molar-refractivity contribution in [1.29, 1.82) is 0 Å². The van der Waals surface area contributed by atoms with Crippen LogP contribution in [-0.2, 0) is 19.1 Å². The van der Waals surface area contributed by atoms with Gasteiger partial charge in [-0.05, 0) is 74.2 Å². The standard InChI is InChI=1S/C25H36O7/c1-4-5-12-31-22(30)32-25(21(28)29)11-9-18-17-7-6-15-13-16(26)8-10-23(15,2)20(17)19(27)14-24(18,25)3/h13,17-20,27H,4-12,14H2,1-3H3,(H,28,29)/t17-,18-,19-,20+,23-,24-,25-/m0/s1. The first kappa shape index (κ1) is 23.3. The summed E-state index contributed by atoms with van der Waals surface area (Å²) in [5.74, 6) is -0.875. The van der Waals surface area contributed by atoms with Crippen molar-refractivity contribution < 1.29 is 34.1 Å². The molecule has 0 aliphatic heterocycles. The lowest BCUT2D eigenvalue weighted by Gasteiger charge is -2.60. The molecule has 7 nitrogen and oxygen atoms in total. The number of fused-ring (bicyclic) bond motifs is 5. The van der Waals surface area contributed by atoms with Gasteiger partial charge in [0.05, 0.1) is 12.7 Å². The summed E-state index contributed by atoms with van der Waals surface area (Å²) in [6.45, 7) is 6.21. The quantitative estimate of drug-likeness (QED) is 0.477. The number of carboxylic acid groups (broad SMARTS) is 1. The maximum absolute atomic E-state index is 12.6. The van der Waals surface area contributed by atoms with E-state index in [1.54, 1.807) is 6.08 Å². The molecule has 4 aliphatic carbocycles. The molecule has 0 radical (unpaired) electrons. The van der Waals surface area contributed by atoms with E-state index in [0.29, 0.717) is 19.3 Å². The Kier molecular flexibility index (Phi) is 5.93. The number of aliphatic hydroxyl groups excluding tert-OH is 1. The maximum Gasteiger partial charge on any atom is 0.509 e. The second kappa shape index (κ2) is 8.15. The fraction of sp³-hybridized carbons (Fsp3) is 0.800. The van der Waals surface area contributed by atoms with Crippen LogP contribution in [0.3, 0.4) is 0 Å². The highest BCUT2D eigenvalue weighted by Crippen LogP contribution is 2.68. The van der Waals surface area contributed by atoms with E-state index in [0.717, 1.165) is 31.3 Å². The van der Waals surface area contributed by atoms with E-state index in [2.05, 4.69) is 6.92 Å². The average molecular weight is 449 g/mol. The molecule has 0 aromatic rings. The van der Waals surface area contributed by atoms with E-state index in [-0.39, 0.29) is 48.4 Å². The zero-order valence-electron chi connectivity index (χ0n) is 19.4. The minimum atomic E-state index is -1.70. The molecule has 3 fully saturated rings. The minimum absolute atomic E-state index is 0.0187. The number of ether oxygens (including phenoxy) is 2. The molecule has 4 rings (SSSR count). The van der Waals surface area contributed by atoms with Gasteiger partial charge in [-0.15, -0.1) is 0 Å². The SMILES string of the molecule is CCCCOC(=O)O[C@]1(C(=O)O)CC[C@H]2[C@@H]3CCC4=CC(=O)CC[C@]4(C)[C@H]3[C@@H](O)C[C@@]21C. The van der Waals surface area contributed by atoms with Crippen molar-refractivity contribution in [2.24, 2.45) is 28.6 Å². The first-order valence-corrected chi connectivity index (χ1v) is 12.1. The molecule has 0 amide bonds. The van der Waals surface area contributed by atoms with Crippen LogP contribution in [0.4, 0.5) is 4.79 Å². The van der Waals surface area contributed by atoms with Crippen LogP contribution in [0, 0.1) is 28.6 Å². The molecule has 4 aliphatic rings. The number of hydrogen-bond acceptors (Lipinski definition) is 6. The van der Waals surface area contributed by atoms with Crippen LogP contribution in [0.15, 0.2) is 11.6 Å². The molecule has 0 unspecified atom stereocenters. The van der Waals surface area contributed by atoms with Gasteiger partial charge < -0.3 is 19.7 Å². The summed E-state index contributed by atoms with van der Waals surface area (Å²) in [6.07, 6.45) is 5.60. The molecule has 7 atom stereocenters. The number of allylic oxidation sites excluding steroid dienone is 1. The largest absolute Gasteiger partial charge is 0.509 e. The number of hydrogen-bond donors (Lipinski definition) is 2. The molecule has 0 saturated heterocycles. The van der Waals surface area contributed by atoms with Crippen LogP contribution in [0.25, 0.3) is 0 Å². The molecule has 7 heteroatoms.